The summed E-state index contributed by atoms with van der Waals surface area (Å²) in [5.41, 5.74) is 8.08. The number of H-pyrrole nitrogens is 1. The highest BCUT2D eigenvalue weighted by Gasteiger charge is 2.18. The molecule has 0 unspecified atom stereocenters. The molecular weight excluding hydrogens is 400 g/mol. The first-order valence-corrected chi connectivity index (χ1v) is 10.8. The fourth-order valence-electron chi connectivity index (χ4n) is 4.63. The molecule has 1 aliphatic carbocycles. The first-order chi connectivity index (χ1) is 15.5. The van der Waals surface area contributed by atoms with Crippen molar-refractivity contribution in [2.45, 2.75) is 32.6 Å². The zero-order valence-electron chi connectivity index (χ0n) is 17.9. The molecule has 1 aromatic heterocycles. The summed E-state index contributed by atoms with van der Waals surface area (Å²) in [5.74, 6) is -0.528. The van der Waals surface area contributed by atoms with E-state index in [2.05, 4.69) is 47.5 Å². The highest BCUT2D eigenvalue weighted by molar-refractivity contribution is 6.10. The third-order valence-electron chi connectivity index (χ3n) is 6.35. The van der Waals surface area contributed by atoms with Crippen LogP contribution in [0.4, 0.5) is 0 Å². The van der Waals surface area contributed by atoms with Gasteiger partial charge in [0.2, 0.25) is 0 Å². The molecule has 0 aliphatic heterocycles. The number of ketones is 1. The van der Waals surface area contributed by atoms with Crippen LogP contribution in [0.25, 0.3) is 27.6 Å². The molecule has 4 aromatic rings. The highest BCUT2D eigenvalue weighted by Crippen LogP contribution is 2.36. The van der Waals surface area contributed by atoms with Crippen LogP contribution in [0, 0.1) is 6.92 Å². The summed E-state index contributed by atoms with van der Waals surface area (Å²) in [6.45, 7) is 2.12. The van der Waals surface area contributed by atoms with Crippen LogP contribution in [0.2, 0.25) is 0 Å². The van der Waals surface area contributed by atoms with E-state index in [0.717, 1.165) is 53.3 Å². The number of nitrogens with one attached hydrogen (secondary N) is 1. The zero-order valence-corrected chi connectivity index (χ0v) is 17.9. The second kappa shape index (κ2) is 8.00. The molecule has 3 aromatic carbocycles. The fourth-order valence-corrected chi connectivity index (χ4v) is 4.63. The number of aromatic amines is 1. The Kier molecular flexibility index (Phi) is 5.02. The Bertz CT molecular complexity index is 1380. The number of carbonyl (C=O) groups excluding carboxylic acids is 1. The SMILES string of the molecule is Cc1c(-c2ccc3c(c2)CCCC/C3=C/C(=O)c2ccc(O)cc2O)ccc2[nH]ncc12. The van der Waals surface area contributed by atoms with Crippen LogP contribution in [0.15, 0.2) is 60.8 Å². The molecule has 0 radical (unpaired) electrons. The summed E-state index contributed by atoms with van der Waals surface area (Å²) >= 11 is 0. The molecule has 1 heterocycles. The Morgan fingerprint density at radius 1 is 1.00 bits per heavy atom. The molecule has 5 rings (SSSR count). The number of aromatic nitrogens is 2. The van der Waals surface area contributed by atoms with Crippen molar-refractivity contribution < 1.29 is 15.0 Å². The summed E-state index contributed by atoms with van der Waals surface area (Å²) < 4.78 is 0. The molecule has 1 aliphatic rings. The summed E-state index contributed by atoms with van der Waals surface area (Å²) in [5, 5.41) is 27.9. The Morgan fingerprint density at radius 2 is 1.81 bits per heavy atom. The maximum Gasteiger partial charge on any atom is 0.189 e. The Hall–Kier alpha value is -3.86. The van der Waals surface area contributed by atoms with Gasteiger partial charge in [0.1, 0.15) is 11.5 Å². The number of aryl methyl sites for hydroxylation is 2. The predicted molar refractivity (Wildman–Crippen MR) is 126 cm³/mol. The van der Waals surface area contributed by atoms with Gasteiger partial charge in [-0.1, -0.05) is 24.3 Å². The number of nitrogens with zero attached hydrogens (tertiary/aromatic N) is 1. The number of benzene rings is 3. The van der Waals surface area contributed by atoms with E-state index in [1.807, 2.05) is 6.20 Å². The van der Waals surface area contributed by atoms with Gasteiger partial charge in [-0.15, -0.1) is 0 Å². The van der Waals surface area contributed by atoms with Crippen molar-refractivity contribution >= 4 is 22.3 Å². The third kappa shape index (κ3) is 3.56. The molecular formula is C27H24N2O3. The van der Waals surface area contributed by atoms with Crippen LogP contribution in [-0.2, 0) is 6.42 Å². The lowest BCUT2D eigenvalue weighted by Crippen LogP contribution is -1.99. The lowest BCUT2D eigenvalue weighted by atomic mass is 9.91. The second-order valence-corrected chi connectivity index (χ2v) is 8.38. The van der Waals surface area contributed by atoms with E-state index in [4.69, 9.17) is 0 Å². The number of phenolic OH excluding ortho intramolecular Hbond substituents is 2. The van der Waals surface area contributed by atoms with E-state index in [-0.39, 0.29) is 22.8 Å². The van der Waals surface area contributed by atoms with Crippen LogP contribution in [0.1, 0.15) is 46.3 Å². The molecule has 32 heavy (non-hydrogen) atoms. The third-order valence-corrected chi connectivity index (χ3v) is 6.35. The topological polar surface area (TPSA) is 86.2 Å². The Morgan fingerprint density at radius 3 is 2.66 bits per heavy atom. The number of hydrogen-bond acceptors (Lipinski definition) is 4. The first kappa shape index (κ1) is 20.1. The average Bonchev–Trinajstić information content (AvgIpc) is 3.17. The monoisotopic (exact) mass is 424 g/mol. The molecule has 0 spiro atoms. The number of aromatic hydroxyl groups is 2. The average molecular weight is 424 g/mol. The normalized spacial score (nSPS) is 15.0. The minimum absolute atomic E-state index is 0.0667. The highest BCUT2D eigenvalue weighted by atomic mass is 16.3. The summed E-state index contributed by atoms with van der Waals surface area (Å²) in [6.07, 6.45) is 7.35. The zero-order chi connectivity index (χ0) is 22.2. The standard InChI is InChI=1S/C27H24N2O3/c1-16-21(10-11-25-24(16)15-28-29-25)19-6-8-22-17(12-19)4-2-3-5-18(22)13-26(31)23-9-7-20(30)14-27(23)32/h6-15,30,32H,2-5H2,1H3,(H,28,29)/b18-13-. The van der Waals surface area contributed by atoms with Gasteiger partial charge in [-0.05, 0) is 90.3 Å². The number of phenols is 2. The van der Waals surface area contributed by atoms with Gasteiger partial charge in [0.15, 0.2) is 5.78 Å². The summed E-state index contributed by atoms with van der Waals surface area (Å²) in [4.78, 5) is 12.9. The van der Waals surface area contributed by atoms with Gasteiger partial charge < -0.3 is 10.2 Å². The number of carbonyl (C=O) groups is 1. The second-order valence-electron chi connectivity index (χ2n) is 8.38. The lowest BCUT2D eigenvalue weighted by Gasteiger charge is -2.13. The van der Waals surface area contributed by atoms with E-state index in [0.29, 0.717) is 0 Å². The molecule has 0 atom stereocenters. The fraction of sp³-hybridized carbons (Fsp3) is 0.185. The lowest BCUT2D eigenvalue weighted by molar-refractivity contribution is 0.104. The van der Waals surface area contributed by atoms with Crippen LogP contribution in [0.5, 0.6) is 11.5 Å². The molecule has 5 heteroatoms. The van der Waals surface area contributed by atoms with Gasteiger partial charge >= 0.3 is 0 Å². The molecule has 0 bridgehead atoms. The Balaban J connectivity index is 1.54. The summed E-state index contributed by atoms with van der Waals surface area (Å²) in [7, 11) is 0. The largest absolute Gasteiger partial charge is 0.508 e. The van der Waals surface area contributed by atoms with Crippen LogP contribution >= 0.6 is 0 Å². The van der Waals surface area contributed by atoms with E-state index >= 15 is 0 Å². The van der Waals surface area contributed by atoms with E-state index in [1.54, 1.807) is 6.08 Å². The van der Waals surface area contributed by atoms with E-state index in [1.165, 1.54) is 34.9 Å². The van der Waals surface area contributed by atoms with Gasteiger partial charge in [0.05, 0.1) is 17.3 Å². The molecule has 0 saturated heterocycles. The van der Waals surface area contributed by atoms with Crippen molar-refractivity contribution in [1.29, 1.82) is 0 Å². The van der Waals surface area contributed by atoms with Crippen molar-refractivity contribution in [2.75, 3.05) is 0 Å². The molecule has 0 saturated carbocycles. The molecule has 5 nitrogen and oxygen atoms in total. The minimum atomic E-state index is -0.254. The van der Waals surface area contributed by atoms with E-state index in [9.17, 15) is 15.0 Å². The molecule has 0 amide bonds. The minimum Gasteiger partial charge on any atom is -0.508 e. The summed E-state index contributed by atoms with van der Waals surface area (Å²) in [6, 6.07) is 14.7. The quantitative estimate of drug-likeness (QED) is 0.216. The van der Waals surface area contributed by atoms with Gasteiger partial charge in [0.25, 0.3) is 0 Å². The van der Waals surface area contributed by atoms with Crippen molar-refractivity contribution in [1.82, 2.24) is 10.2 Å². The number of rotatable bonds is 3. The number of allylic oxidation sites excluding steroid dienone is 2. The van der Waals surface area contributed by atoms with Crippen LogP contribution < -0.4 is 0 Å². The van der Waals surface area contributed by atoms with Crippen molar-refractivity contribution in [3.8, 4) is 22.6 Å². The smallest absolute Gasteiger partial charge is 0.189 e. The maximum absolute atomic E-state index is 12.9. The Labute approximate surface area is 186 Å². The molecule has 3 N–H and O–H groups in total. The molecule has 160 valence electrons. The van der Waals surface area contributed by atoms with Crippen molar-refractivity contribution in [3.63, 3.8) is 0 Å². The predicted octanol–water partition coefficient (Wildman–Crippen LogP) is 5.94. The van der Waals surface area contributed by atoms with Gasteiger partial charge in [0, 0.05) is 11.5 Å². The first-order valence-electron chi connectivity index (χ1n) is 10.8. The van der Waals surface area contributed by atoms with Crippen LogP contribution in [0.3, 0.4) is 0 Å². The number of hydrogen-bond donors (Lipinski definition) is 3. The maximum atomic E-state index is 12.9. The number of fused-ring (bicyclic) bond motifs is 2. The van der Waals surface area contributed by atoms with Gasteiger partial charge in [-0.25, -0.2) is 0 Å². The van der Waals surface area contributed by atoms with Gasteiger partial charge in [-0.3, -0.25) is 9.89 Å². The van der Waals surface area contributed by atoms with Gasteiger partial charge in [-0.2, -0.15) is 5.10 Å². The van der Waals surface area contributed by atoms with Crippen molar-refractivity contribution in [2.24, 2.45) is 0 Å². The van der Waals surface area contributed by atoms with Crippen molar-refractivity contribution in [3.05, 3.63) is 83.1 Å². The van der Waals surface area contributed by atoms with Crippen LogP contribution in [-0.4, -0.2) is 26.2 Å². The molecule has 0 fully saturated rings. The van der Waals surface area contributed by atoms with E-state index < -0.39 is 0 Å².